The lowest BCUT2D eigenvalue weighted by molar-refractivity contribution is -0.154. The van der Waals surface area contributed by atoms with Gasteiger partial charge < -0.3 is 4.74 Å². The molecule has 1 heterocycles. The van der Waals surface area contributed by atoms with Crippen LogP contribution in [-0.4, -0.2) is 22.8 Å². The summed E-state index contributed by atoms with van der Waals surface area (Å²) in [6.45, 7) is 0.300. The summed E-state index contributed by atoms with van der Waals surface area (Å²) in [6.07, 6.45) is 2.55. The van der Waals surface area contributed by atoms with Gasteiger partial charge in [0.05, 0.1) is 0 Å². The molecule has 0 atom stereocenters. The Balaban J connectivity index is 1.41. The third-order valence-electron chi connectivity index (χ3n) is 6.15. The summed E-state index contributed by atoms with van der Waals surface area (Å²) in [4.78, 5) is 8.82. The molecule has 0 radical (unpaired) electrons. The first-order valence-electron chi connectivity index (χ1n) is 12.3. The summed E-state index contributed by atoms with van der Waals surface area (Å²) in [5.74, 6) is -3.23. The van der Waals surface area contributed by atoms with Gasteiger partial charge in [-0.05, 0) is 65.5 Å². The average Bonchev–Trinajstić information content (AvgIpc) is 2.87. The summed E-state index contributed by atoms with van der Waals surface area (Å²) in [6, 6.07) is 10.7. The van der Waals surface area contributed by atoms with Crippen molar-refractivity contribution < 1.29 is 31.1 Å². The maximum atomic E-state index is 15.2. The molecule has 0 spiro atoms. The molecule has 0 saturated heterocycles. The molecule has 0 N–H and O–H groups in total. The first kappa shape index (κ1) is 27.4. The van der Waals surface area contributed by atoms with E-state index < -0.39 is 36.0 Å². The zero-order chi connectivity index (χ0) is 27.3. The van der Waals surface area contributed by atoms with Gasteiger partial charge >= 0.3 is 6.18 Å². The minimum Gasteiger partial charge on any atom is -0.478 e. The van der Waals surface area contributed by atoms with Crippen molar-refractivity contribution in [1.29, 1.82) is 0 Å². The minimum atomic E-state index is -4.72. The molecule has 0 fully saturated rings. The summed E-state index contributed by atoms with van der Waals surface area (Å²) in [5.41, 5.74) is 2.67. The summed E-state index contributed by atoms with van der Waals surface area (Å²) >= 11 is 0. The predicted octanol–water partition coefficient (Wildman–Crippen LogP) is 7.51. The van der Waals surface area contributed by atoms with Crippen molar-refractivity contribution in [2.75, 3.05) is 6.61 Å². The van der Waals surface area contributed by atoms with E-state index in [1.165, 1.54) is 0 Å². The topological polar surface area (TPSA) is 35.0 Å². The number of fused-ring (bicyclic) bond motifs is 1. The number of aromatic nitrogens is 2. The van der Waals surface area contributed by atoms with Crippen LogP contribution in [0.5, 0.6) is 5.75 Å². The van der Waals surface area contributed by atoms with Gasteiger partial charge in [0.25, 0.3) is 0 Å². The van der Waals surface area contributed by atoms with Crippen molar-refractivity contribution in [3.8, 4) is 5.75 Å². The van der Waals surface area contributed by atoms with E-state index in [4.69, 9.17) is 0 Å². The van der Waals surface area contributed by atoms with Gasteiger partial charge in [-0.15, -0.1) is 0 Å². The fourth-order valence-electron chi connectivity index (χ4n) is 4.25. The van der Waals surface area contributed by atoms with Gasteiger partial charge in [0.1, 0.15) is 11.6 Å². The van der Waals surface area contributed by atoms with Crippen molar-refractivity contribution in [1.82, 2.24) is 9.97 Å². The molecule has 4 rings (SSSR count). The first-order chi connectivity index (χ1) is 18.1. The van der Waals surface area contributed by atoms with Crippen LogP contribution < -0.4 is 4.74 Å². The lowest BCUT2D eigenvalue weighted by atomic mass is 9.98. The number of ether oxygens (including phenoxy) is 1. The Morgan fingerprint density at radius 3 is 2.08 bits per heavy atom. The second kappa shape index (κ2) is 11.8. The molecular weight excluding hydrogens is 506 g/mol. The third-order valence-corrected chi connectivity index (χ3v) is 6.15. The zero-order valence-corrected chi connectivity index (χ0v) is 20.7. The van der Waals surface area contributed by atoms with Gasteiger partial charge in [-0.1, -0.05) is 43.7 Å². The summed E-state index contributed by atoms with van der Waals surface area (Å²) in [7, 11) is 0. The van der Waals surface area contributed by atoms with E-state index >= 15 is 4.39 Å². The maximum absolute atomic E-state index is 15.2. The number of rotatable bonds is 10. The molecule has 200 valence electrons. The standard InChI is InChI=1S/C29H26F6N2O/c1-2-3-20-15-36-26(37-16-20)11-6-18-5-10-23-22(12-18)9-8-21(27(23)32)7-4-19-13-24(30)28(25(31)14-19)38-17-29(33,34)35/h5,8-10,12-16H,2-4,6-7,11,17H2,1H3. The normalized spacial score (nSPS) is 11.8. The highest BCUT2D eigenvalue weighted by molar-refractivity contribution is 5.84. The monoisotopic (exact) mass is 532 g/mol. The number of hydrogen-bond acceptors (Lipinski definition) is 3. The van der Waals surface area contributed by atoms with E-state index in [-0.39, 0.29) is 18.4 Å². The third kappa shape index (κ3) is 7.02. The zero-order valence-electron chi connectivity index (χ0n) is 20.7. The Kier molecular flexibility index (Phi) is 8.54. The maximum Gasteiger partial charge on any atom is 0.422 e. The second-order valence-corrected chi connectivity index (χ2v) is 9.14. The number of nitrogens with zero attached hydrogens (tertiary/aromatic N) is 2. The van der Waals surface area contributed by atoms with Crippen molar-refractivity contribution in [2.45, 2.75) is 51.6 Å². The van der Waals surface area contributed by atoms with Crippen LogP contribution in [0.2, 0.25) is 0 Å². The molecule has 38 heavy (non-hydrogen) atoms. The van der Waals surface area contributed by atoms with E-state index in [0.717, 1.165) is 47.3 Å². The van der Waals surface area contributed by atoms with E-state index in [0.29, 0.717) is 23.8 Å². The molecule has 0 aliphatic carbocycles. The van der Waals surface area contributed by atoms with Crippen LogP contribution >= 0.6 is 0 Å². The lowest BCUT2D eigenvalue weighted by Crippen LogP contribution is -2.20. The Morgan fingerprint density at radius 2 is 1.42 bits per heavy atom. The van der Waals surface area contributed by atoms with E-state index in [9.17, 15) is 22.0 Å². The largest absolute Gasteiger partial charge is 0.478 e. The molecule has 0 aliphatic heterocycles. The lowest BCUT2D eigenvalue weighted by Gasteiger charge is -2.12. The highest BCUT2D eigenvalue weighted by Gasteiger charge is 2.30. The second-order valence-electron chi connectivity index (χ2n) is 9.14. The molecule has 0 bridgehead atoms. The fraction of sp³-hybridized carbons (Fsp3) is 0.310. The molecule has 3 aromatic carbocycles. The highest BCUT2D eigenvalue weighted by atomic mass is 19.4. The molecule has 1 aromatic heterocycles. The Morgan fingerprint density at radius 1 is 0.737 bits per heavy atom. The molecule has 3 nitrogen and oxygen atoms in total. The number of halogens is 6. The van der Waals surface area contributed by atoms with Gasteiger partial charge in [-0.2, -0.15) is 13.2 Å². The van der Waals surface area contributed by atoms with Crippen LogP contribution in [0.4, 0.5) is 26.3 Å². The van der Waals surface area contributed by atoms with Gasteiger partial charge in [-0.3, -0.25) is 0 Å². The van der Waals surface area contributed by atoms with Gasteiger partial charge in [0, 0.05) is 24.2 Å². The average molecular weight is 533 g/mol. The highest BCUT2D eigenvalue weighted by Crippen LogP contribution is 2.28. The number of alkyl halides is 3. The number of aryl methyl sites for hydroxylation is 5. The molecule has 0 unspecified atom stereocenters. The quantitative estimate of drug-likeness (QED) is 0.198. The molecule has 0 saturated carbocycles. The summed E-state index contributed by atoms with van der Waals surface area (Å²) in [5, 5.41) is 1.16. The SMILES string of the molecule is CCCc1cnc(CCc2ccc3c(F)c(CCc4cc(F)c(OCC(F)(F)F)c(F)c4)ccc3c2)nc1. The fourth-order valence-corrected chi connectivity index (χ4v) is 4.25. The van der Waals surface area contributed by atoms with Gasteiger partial charge in [0.2, 0.25) is 0 Å². The minimum absolute atomic E-state index is 0.0882. The Bertz CT molecular complexity index is 1380. The van der Waals surface area contributed by atoms with Crippen LogP contribution in [0.25, 0.3) is 10.8 Å². The summed E-state index contributed by atoms with van der Waals surface area (Å²) < 4.78 is 84.6. The van der Waals surface area contributed by atoms with Crippen LogP contribution in [0.15, 0.2) is 54.9 Å². The van der Waals surface area contributed by atoms with Gasteiger partial charge in [-0.25, -0.2) is 23.1 Å². The molecule has 4 aromatic rings. The number of hydrogen-bond donors (Lipinski definition) is 0. The van der Waals surface area contributed by atoms with Crippen LogP contribution in [0, 0.1) is 17.5 Å². The molecular formula is C29H26F6N2O. The molecule has 9 heteroatoms. The van der Waals surface area contributed by atoms with Crippen LogP contribution in [-0.2, 0) is 32.1 Å². The van der Waals surface area contributed by atoms with E-state index in [2.05, 4.69) is 21.6 Å². The first-order valence-corrected chi connectivity index (χ1v) is 12.3. The number of benzene rings is 3. The smallest absolute Gasteiger partial charge is 0.422 e. The Labute approximate surface area is 216 Å². The van der Waals surface area contributed by atoms with Crippen molar-refractivity contribution in [3.05, 3.63) is 100 Å². The van der Waals surface area contributed by atoms with Crippen molar-refractivity contribution in [2.24, 2.45) is 0 Å². The van der Waals surface area contributed by atoms with Crippen LogP contribution in [0.3, 0.4) is 0 Å². The molecule has 0 amide bonds. The predicted molar refractivity (Wildman–Crippen MR) is 133 cm³/mol. The van der Waals surface area contributed by atoms with Gasteiger partial charge in [0.15, 0.2) is 24.0 Å². The van der Waals surface area contributed by atoms with Crippen molar-refractivity contribution >= 4 is 10.8 Å². The van der Waals surface area contributed by atoms with Crippen LogP contribution in [0.1, 0.15) is 41.4 Å². The van der Waals surface area contributed by atoms with E-state index in [1.807, 2.05) is 24.5 Å². The molecule has 0 aliphatic rings. The Hall–Kier alpha value is -3.62. The van der Waals surface area contributed by atoms with Crippen molar-refractivity contribution in [3.63, 3.8) is 0 Å². The van der Waals surface area contributed by atoms with E-state index in [1.54, 1.807) is 18.2 Å².